The van der Waals surface area contributed by atoms with Crippen molar-refractivity contribution >= 4 is 11.4 Å². The number of carbonyl (C=O) groups is 1. The summed E-state index contributed by atoms with van der Waals surface area (Å²) in [5.74, 6) is 0.554. The van der Waals surface area contributed by atoms with Crippen LogP contribution in [0.5, 0.6) is 0 Å². The molecule has 0 spiro atoms. The number of aromatic nitrogens is 3. The van der Waals surface area contributed by atoms with Crippen molar-refractivity contribution in [3.63, 3.8) is 0 Å². The van der Waals surface area contributed by atoms with Gasteiger partial charge in [0.05, 0.1) is 11.1 Å². The molecule has 3 atom stereocenters. The van der Waals surface area contributed by atoms with Gasteiger partial charge in [-0.25, -0.2) is 4.98 Å². The van der Waals surface area contributed by atoms with E-state index in [2.05, 4.69) is 11.6 Å². The molecule has 2 aliphatic rings. The summed E-state index contributed by atoms with van der Waals surface area (Å²) in [4.78, 5) is 25.3. The summed E-state index contributed by atoms with van der Waals surface area (Å²) < 4.78 is 1.94. The second-order valence-corrected chi connectivity index (χ2v) is 9.44. The number of pyridine rings is 2. The molecule has 1 aliphatic carbocycles. The van der Waals surface area contributed by atoms with Gasteiger partial charge in [-0.2, -0.15) is 0 Å². The Morgan fingerprint density at radius 3 is 2.80 bits per heavy atom. The van der Waals surface area contributed by atoms with Crippen LogP contribution in [0.25, 0.3) is 17.0 Å². The van der Waals surface area contributed by atoms with Gasteiger partial charge in [0.2, 0.25) is 0 Å². The molecule has 4 heterocycles. The molecule has 6 nitrogen and oxygen atoms in total. The monoisotopic (exact) mass is 468 g/mol. The maximum absolute atomic E-state index is 14.0. The molecule has 0 aromatic carbocycles. The Balaban J connectivity index is 1.54. The minimum atomic E-state index is -0.974. The number of rotatable bonds is 5. The first-order valence-electron chi connectivity index (χ1n) is 12.5. The Bertz CT molecular complexity index is 1290. The van der Waals surface area contributed by atoms with E-state index in [0.717, 1.165) is 42.5 Å². The van der Waals surface area contributed by atoms with E-state index in [1.807, 2.05) is 77.0 Å². The fourth-order valence-electron chi connectivity index (χ4n) is 5.95. The van der Waals surface area contributed by atoms with Crippen LogP contribution in [0.3, 0.4) is 0 Å². The average Bonchev–Trinajstić information content (AvgIpc) is 3.29. The largest absolute Gasteiger partial charge is 0.385 e. The molecule has 1 N–H and O–H groups in total. The van der Waals surface area contributed by atoms with Gasteiger partial charge in [0.25, 0.3) is 5.91 Å². The Hall–Kier alpha value is -3.51. The zero-order valence-electron chi connectivity index (χ0n) is 20.2. The number of amides is 1. The average molecular weight is 469 g/mol. The highest BCUT2D eigenvalue weighted by Gasteiger charge is 2.51. The van der Waals surface area contributed by atoms with Gasteiger partial charge in [-0.05, 0) is 56.0 Å². The van der Waals surface area contributed by atoms with Gasteiger partial charge in [0.15, 0.2) is 11.5 Å². The van der Waals surface area contributed by atoms with Gasteiger partial charge in [0, 0.05) is 30.9 Å². The van der Waals surface area contributed by atoms with Gasteiger partial charge in [-0.1, -0.05) is 55.9 Å². The van der Waals surface area contributed by atoms with Gasteiger partial charge < -0.3 is 10.0 Å². The molecule has 6 heteroatoms. The van der Waals surface area contributed by atoms with Crippen LogP contribution in [0.15, 0.2) is 85.2 Å². The summed E-state index contributed by atoms with van der Waals surface area (Å²) in [6.07, 6.45) is 15.6. The maximum atomic E-state index is 14.0. The first kappa shape index (κ1) is 23.2. The topological polar surface area (TPSA) is 70.7 Å². The smallest absolute Gasteiger partial charge is 0.274 e. The first-order valence-corrected chi connectivity index (χ1v) is 12.5. The van der Waals surface area contributed by atoms with E-state index in [-0.39, 0.29) is 17.9 Å². The lowest BCUT2D eigenvalue weighted by Gasteiger charge is -2.52. The maximum Gasteiger partial charge on any atom is 0.274 e. The predicted octanol–water partition coefficient (Wildman–Crippen LogP) is 5.22. The third-order valence-corrected chi connectivity index (χ3v) is 7.53. The van der Waals surface area contributed by atoms with Crippen molar-refractivity contribution in [3.8, 4) is 11.5 Å². The van der Waals surface area contributed by atoms with Crippen molar-refractivity contribution < 1.29 is 9.90 Å². The molecule has 1 saturated heterocycles. The first-order chi connectivity index (χ1) is 17.1. The summed E-state index contributed by atoms with van der Waals surface area (Å²) in [5.41, 5.74) is 1.84. The van der Waals surface area contributed by atoms with E-state index in [1.54, 1.807) is 12.3 Å². The van der Waals surface area contributed by atoms with Crippen molar-refractivity contribution in [2.24, 2.45) is 5.92 Å². The molecule has 0 radical (unpaired) electrons. The fourth-order valence-corrected chi connectivity index (χ4v) is 5.95. The molecule has 3 aromatic heterocycles. The second-order valence-electron chi connectivity index (χ2n) is 9.44. The standard InChI is InChI=1S/C29H32N4O2/c1-3-11-21(12-4-2)29(35)17-20-33(24-15-6-5-13-22(24)29)28(34)26-25-16-8-10-19-32(25)27(31-26)23-14-7-9-18-30-23/h3-4,7-12,14,16,18-19,22,24,35H,1,5-6,13,15,17,20H2,2H3/b12-4-,21-11+/t22-,24+,29-/m0/s1. The third kappa shape index (κ3) is 4.02. The Morgan fingerprint density at radius 2 is 2.03 bits per heavy atom. The molecule has 2 fully saturated rings. The number of carbonyl (C=O) groups excluding carboxylic acids is 1. The number of nitrogens with zero attached hydrogens (tertiary/aromatic N) is 4. The zero-order chi connectivity index (χ0) is 24.4. The van der Waals surface area contributed by atoms with Crippen LogP contribution >= 0.6 is 0 Å². The number of fused-ring (bicyclic) bond motifs is 2. The highest BCUT2D eigenvalue weighted by Crippen LogP contribution is 2.46. The van der Waals surface area contributed by atoms with E-state index >= 15 is 0 Å². The number of hydrogen-bond donors (Lipinski definition) is 1. The zero-order valence-corrected chi connectivity index (χ0v) is 20.2. The van der Waals surface area contributed by atoms with Crippen LogP contribution in [0.1, 0.15) is 49.5 Å². The Labute approximate surface area is 206 Å². The van der Waals surface area contributed by atoms with E-state index < -0.39 is 5.60 Å². The molecule has 35 heavy (non-hydrogen) atoms. The molecule has 3 aromatic rings. The van der Waals surface area contributed by atoms with E-state index in [9.17, 15) is 9.90 Å². The molecule has 0 unspecified atom stereocenters. The molecule has 180 valence electrons. The number of hydrogen-bond acceptors (Lipinski definition) is 4. The summed E-state index contributed by atoms with van der Waals surface area (Å²) >= 11 is 0. The number of likely N-dealkylation sites (tertiary alicyclic amines) is 1. The SMILES string of the molecule is C=C/C=C(\C=C/C)[C@@]1(O)CCN(C(=O)c2nc(-c3ccccn3)n3ccccc23)[C@@H]2CCCC[C@@H]21. The molecule has 1 aliphatic heterocycles. The summed E-state index contributed by atoms with van der Waals surface area (Å²) in [7, 11) is 0. The predicted molar refractivity (Wildman–Crippen MR) is 138 cm³/mol. The third-order valence-electron chi connectivity index (χ3n) is 7.53. The number of aliphatic hydroxyl groups is 1. The van der Waals surface area contributed by atoms with Crippen LogP contribution in [-0.4, -0.2) is 48.5 Å². The lowest BCUT2D eigenvalue weighted by Crippen LogP contribution is -2.60. The van der Waals surface area contributed by atoms with Gasteiger partial charge in [0.1, 0.15) is 5.69 Å². The quantitative estimate of drug-likeness (QED) is 0.521. The lowest BCUT2D eigenvalue weighted by atomic mass is 9.65. The number of imidazole rings is 1. The van der Waals surface area contributed by atoms with Crippen LogP contribution < -0.4 is 0 Å². The molecule has 1 saturated carbocycles. The van der Waals surface area contributed by atoms with Crippen LogP contribution in [0.2, 0.25) is 0 Å². The van der Waals surface area contributed by atoms with E-state index in [0.29, 0.717) is 24.5 Å². The molecule has 1 amide bonds. The van der Waals surface area contributed by atoms with Crippen molar-refractivity contribution in [3.05, 3.63) is 90.9 Å². The van der Waals surface area contributed by atoms with Crippen molar-refractivity contribution in [1.82, 2.24) is 19.3 Å². The normalized spacial score (nSPS) is 25.1. The van der Waals surface area contributed by atoms with E-state index in [1.165, 1.54) is 0 Å². The van der Waals surface area contributed by atoms with E-state index in [4.69, 9.17) is 4.98 Å². The van der Waals surface area contributed by atoms with Crippen LogP contribution in [-0.2, 0) is 0 Å². The molecular formula is C29H32N4O2. The second kappa shape index (κ2) is 9.62. The molecular weight excluding hydrogens is 436 g/mol. The summed E-state index contributed by atoms with van der Waals surface area (Å²) in [5, 5.41) is 11.9. The van der Waals surface area contributed by atoms with Crippen LogP contribution in [0.4, 0.5) is 0 Å². The minimum Gasteiger partial charge on any atom is -0.385 e. The molecule has 5 rings (SSSR count). The molecule has 0 bridgehead atoms. The van der Waals surface area contributed by atoms with Gasteiger partial charge in [-0.3, -0.25) is 14.2 Å². The fraction of sp³-hybridized carbons (Fsp3) is 0.345. The Kier molecular flexibility index (Phi) is 6.39. The van der Waals surface area contributed by atoms with Crippen molar-refractivity contribution in [1.29, 1.82) is 0 Å². The number of allylic oxidation sites excluding steroid dienone is 3. The highest BCUT2D eigenvalue weighted by molar-refractivity contribution is 6.00. The Morgan fingerprint density at radius 1 is 1.20 bits per heavy atom. The van der Waals surface area contributed by atoms with Crippen LogP contribution in [0, 0.1) is 5.92 Å². The van der Waals surface area contributed by atoms with Crippen molar-refractivity contribution in [2.75, 3.05) is 6.54 Å². The highest BCUT2D eigenvalue weighted by atomic mass is 16.3. The van der Waals surface area contributed by atoms with Crippen molar-refractivity contribution in [2.45, 2.75) is 50.7 Å². The summed E-state index contributed by atoms with van der Waals surface area (Å²) in [6, 6.07) is 11.5. The van der Waals surface area contributed by atoms with Gasteiger partial charge in [-0.15, -0.1) is 0 Å². The number of piperidine rings is 1. The summed E-state index contributed by atoms with van der Waals surface area (Å²) in [6.45, 7) is 6.29. The lowest BCUT2D eigenvalue weighted by molar-refractivity contribution is -0.0784. The minimum absolute atomic E-state index is 0.0273. The van der Waals surface area contributed by atoms with Gasteiger partial charge >= 0.3 is 0 Å².